The van der Waals surface area contributed by atoms with Gasteiger partial charge in [-0.25, -0.2) is 9.97 Å². The monoisotopic (exact) mass is 286 g/mol. The molecular formula is C15H22N6. The van der Waals surface area contributed by atoms with Gasteiger partial charge in [0.1, 0.15) is 6.17 Å². The molecule has 1 aromatic rings. The van der Waals surface area contributed by atoms with Crippen LogP contribution in [0, 0.1) is 13.8 Å². The van der Waals surface area contributed by atoms with Gasteiger partial charge in [0.25, 0.3) is 0 Å². The molecule has 6 nitrogen and oxygen atoms in total. The van der Waals surface area contributed by atoms with Gasteiger partial charge in [-0.1, -0.05) is 0 Å². The van der Waals surface area contributed by atoms with Crippen LogP contribution in [0.25, 0.3) is 0 Å². The Kier molecular flexibility index (Phi) is 3.88. The summed E-state index contributed by atoms with van der Waals surface area (Å²) in [6.07, 6.45) is 5.95. The van der Waals surface area contributed by atoms with E-state index >= 15 is 0 Å². The molecule has 0 bridgehead atoms. The van der Waals surface area contributed by atoms with E-state index in [0.717, 1.165) is 37.0 Å². The zero-order valence-electron chi connectivity index (χ0n) is 12.8. The van der Waals surface area contributed by atoms with Crippen molar-refractivity contribution in [3.05, 3.63) is 29.7 Å². The summed E-state index contributed by atoms with van der Waals surface area (Å²) >= 11 is 0. The highest BCUT2D eigenvalue weighted by molar-refractivity contribution is 5.57. The average Bonchev–Trinajstić information content (AvgIpc) is 2.47. The molecular weight excluding hydrogens is 264 g/mol. The summed E-state index contributed by atoms with van der Waals surface area (Å²) in [6.45, 7) is 9.12. The molecule has 2 atom stereocenters. The molecule has 0 spiro atoms. The zero-order chi connectivity index (χ0) is 14.8. The molecule has 0 aromatic carbocycles. The second-order valence-corrected chi connectivity index (χ2v) is 5.71. The largest absolute Gasteiger partial charge is 0.353 e. The van der Waals surface area contributed by atoms with Crippen molar-refractivity contribution in [3.63, 3.8) is 0 Å². The molecule has 1 unspecified atom stereocenters. The first-order valence-electron chi connectivity index (χ1n) is 7.41. The van der Waals surface area contributed by atoms with Gasteiger partial charge in [-0.05, 0) is 32.9 Å². The second kappa shape index (κ2) is 5.81. The van der Waals surface area contributed by atoms with Crippen LogP contribution in [0.2, 0.25) is 0 Å². The summed E-state index contributed by atoms with van der Waals surface area (Å²) in [7, 11) is 0. The van der Waals surface area contributed by atoms with Crippen LogP contribution < -0.4 is 10.2 Å². The number of rotatable bonds is 2. The maximum Gasteiger partial charge on any atom is 0.226 e. The fourth-order valence-electron chi connectivity index (χ4n) is 2.93. The lowest BCUT2D eigenvalue weighted by Crippen LogP contribution is -2.55. The molecule has 0 amide bonds. The predicted molar refractivity (Wildman–Crippen MR) is 84.4 cm³/mol. The van der Waals surface area contributed by atoms with Gasteiger partial charge < -0.3 is 10.2 Å². The van der Waals surface area contributed by atoms with Crippen LogP contribution in [0.15, 0.2) is 23.3 Å². The van der Waals surface area contributed by atoms with E-state index in [4.69, 9.17) is 0 Å². The van der Waals surface area contributed by atoms with Crippen molar-refractivity contribution in [2.75, 3.05) is 24.5 Å². The van der Waals surface area contributed by atoms with E-state index in [9.17, 15) is 0 Å². The van der Waals surface area contributed by atoms with Gasteiger partial charge in [-0.2, -0.15) is 0 Å². The van der Waals surface area contributed by atoms with Crippen molar-refractivity contribution in [1.82, 2.24) is 20.2 Å². The maximum atomic E-state index is 4.59. The van der Waals surface area contributed by atoms with Crippen molar-refractivity contribution >= 4 is 12.3 Å². The number of aromatic nitrogens is 2. The normalized spacial score (nSPS) is 26.0. The van der Waals surface area contributed by atoms with Crippen molar-refractivity contribution < 1.29 is 0 Å². The number of aryl methyl sites for hydroxylation is 2. The lowest BCUT2D eigenvalue weighted by molar-refractivity contribution is 0.194. The first-order valence-corrected chi connectivity index (χ1v) is 7.41. The molecule has 2 aliphatic rings. The number of nitrogens with zero attached hydrogens (tertiary/aromatic N) is 5. The first-order chi connectivity index (χ1) is 10.1. The SMILES string of the molecule is Cc1cc(C)nc(N2CCN(C3C=CNC=N3)C[C@@H]2C)n1. The smallest absolute Gasteiger partial charge is 0.226 e. The average molecular weight is 286 g/mol. The molecule has 0 saturated carbocycles. The number of anilines is 1. The van der Waals surface area contributed by atoms with E-state index in [1.165, 1.54) is 0 Å². The number of nitrogens with one attached hydrogen (secondary N) is 1. The molecule has 112 valence electrons. The number of piperazine rings is 1. The Labute approximate surface area is 125 Å². The molecule has 1 N–H and O–H groups in total. The quantitative estimate of drug-likeness (QED) is 0.881. The number of hydrogen-bond acceptors (Lipinski definition) is 6. The van der Waals surface area contributed by atoms with Gasteiger partial charge >= 0.3 is 0 Å². The van der Waals surface area contributed by atoms with Gasteiger partial charge in [0.2, 0.25) is 5.95 Å². The topological polar surface area (TPSA) is 56.7 Å². The maximum absolute atomic E-state index is 4.59. The van der Waals surface area contributed by atoms with Crippen LogP contribution in [0.5, 0.6) is 0 Å². The lowest BCUT2D eigenvalue weighted by Gasteiger charge is -2.41. The van der Waals surface area contributed by atoms with Crippen molar-refractivity contribution in [2.24, 2.45) is 4.99 Å². The highest BCUT2D eigenvalue weighted by atomic mass is 15.4. The number of hydrogen-bond donors (Lipinski definition) is 1. The third-order valence-corrected chi connectivity index (χ3v) is 3.93. The minimum absolute atomic E-state index is 0.149. The van der Waals surface area contributed by atoms with Crippen molar-refractivity contribution in [1.29, 1.82) is 0 Å². The Morgan fingerprint density at radius 3 is 2.57 bits per heavy atom. The lowest BCUT2D eigenvalue weighted by atomic mass is 10.2. The predicted octanol–water partition coefficient (Wildman–Crippen LogP) is 1.08. The van der Waals surface area contributed by atoms with Crippen LogP contribution in [-0.2, 0) is 0 Å². The second-order valence-electron chi connectivity index (χ2n) is 5.71. The summed E-state index contributed by atoms with van der Waals surface area (Å²) in [5, 5.41) is 2.98. The molecule has 3 rings (SSSR count). The van der Waals surface area contributed by atoms with Crippen LogP contribution in [-0.4, -0.2) is 53.0 Å². The zero-order valence-corrected chi connectivity index (χ0v) is 12.8. The molecule has 6 heteroatoms. The summed E-state index contributed by atoms with van der Waals surface area (Å²) in [5.41, 5.74) is 2.05. The summed E-state index contributed by atoms with van der Waals surface area (Å²) < 4.78 is 0. The van der Waals surface area contributed by atoms with Gasteiger partial charge in [0.05, 0.1) is 6.34 Å². The minimum Gasteiger partial charge on any atom is -0.353 e. The van der Waals surface area contributed by atoms with Gasteiger partial charge in [-0.3, -0.25) is 9.89 Å². The Morgan fingerprint density at radius 2 is 1.95 bits per heavy atom. The molecule has 0 aliphatic carbocycles. The van der Waals surface area contributed by atoms with E-state index in [0.29, 0.717) is 6.04 Å². The summed E-state index contributed by atoms with van der Waals surface area (Å²) in [6, 6.07) is 2.39. The summed E-state index contributed by atoms with van der Waals surface area (Å²) in [4.78, 5) is 18.3. The van der Waals surface area contributed by atoms with E-state index in [2.05, 4.69) is 43.1 Å². The van der Waals surface area contributed by atoms with Crippen LogP contribution in [0.4, 0.5) is 5.95 Å². The Balaban J connectivity index is 1.72. The van der Waals surface area contributed by atoms with Crippen molar-refractivity contribution in [3.8, 4) is 0 Å². The fourth-order valence-corrected chi connectivity index (χ4v) is 2.93. The molecule has 0 radical (unpaired) electrons. The molecule has 21 heavy (non-hydrogen) atoms. The number of aliphatic imine (C=N–C) groups is 1. The van der Waals surface area contributed by atoms with Crippen LogP contribution in [0.3, 0.4) is 0 Å². The van der Waals surface area contributed by atoms with E-state index in [-0.39, 0.29) is 6.17 Å². The Bertz CT molecular complexity index is 535. The third-order valence-electron chi connectivity index (χ3n) is 3.93. The minimum atomic E-state index is 0.149. The van der Waals surface area contributed by atoms with Crippen molar-refractivity contribution in [2.45, 2.75) is 33.0 Å². The molecule has 2 aliphatic heterocycles. The van der Waals surface area contributed by atoms with Gasteiger partial charge in [0, 0.05) is 43.3 Å². The van der Waals surface area contributed by atoms with E-state index in [1.807, 2.05) is 26.1 Å². The Morgan fingerprint density at radius 1 is 1.19 bits per heavy atom. The Hall–Kier alpha value is -1.95. The fraction of sp³-hybridized carbons (Fsp3) is 0.533. The molecule has 1 aromatic heterocycles. The summed E-state index contributed by atoms with van der Waals surface area (Å²) in [5.74, 6) is 0.851. The van der Waals surface area contributed by atoms with Gasteiger partial charge in [-0.15, -0.1) is 0 Å². The molecule has 1 saturated heterocycles. The van der Waals surface area contributed by atoms with E-state index < -0.39 is 0 Å². The molecule has 1 fully saturated rings. The first kappa shape index (κ1) is 14.0. The van der Waals surface area contributed by atoms with Crippen LogP contribution in [0.1, 0.15) is 18.3 Å². The third kappa shape index (κ3) is 3.05. The highest BCUT2D eigenvalue weighted by Gasteiger charge is 2.29. The standard InChI is InChI=1S/C15H22N6/c1-11-8-12(2)19-15(18-11)21-7-6-20(9-13(21)3)14-4-5-16-10-17-14/h4-5,8,10,13-14H,6-7,9H2,1-3H3,(H,16,17)/t13-,14?/m0/s1. The van der Waals surface area contributed by atoms with Gasteiger partial charge in [0.15, 0.2) is 0 Å². The molecule has 3 heterocycles. The van der Waals surface area contributed by atoms with Crippen LogP contribution >= 0.6 is 0 Å². The van der Waals surface area contributed by atoms with E-state index in [1.54, 1.807) is 6.34 Å². The highest BCUT2D eigenvalue weighted by Crippen LogP contribution is 2.19.